The van der Waals surface area contributed by atoms with Crippen molar-refractivity contribution in [1.29, 1.82) is 0 Å². The topological polar surface area (TPSA) is 99.2 Å². The molecule has 1 atom stereocenters. The van der Waals surface area contributed by atoms with Crippen LogP contribution in [-0.2, 0) is 11.8 Å². The number of aromatic nitrogens is 6. The van der Waals surface area contributed by atoms with Crippen LogP contribution < -0.4 is 10.9 Å². The van der Waals surface area contributed by atoms with E-state index in [0.717, 1.165) is 47.4 Å². The molecular formula is C20H21N7O2. The minimum Gasteiger partial charge on any atom is -0.381 e. The van der Waals surface area contributed by atoms with E-state index >= 15 is 0 Å². The van der Waals surface area contributed by atoms with Gasteiger partial charge >= 0.3 is 0 Å². The van der Waals surface area contributed by atoms with Gasteiger partial charge in [0, 0.05) is 25.6 Å². The van der Waals surface area contributed by atoms with Gasteiger partial charge in [-0.15, -0.1) is 0 Å². The Balaban J connectivity index is 1.60. The van der Waals surface area contributed by atoms with Crippen LogP contribution in [0, 0.1) is 6.92 Å². The number of hydrogen-bond acceptors (Lipinski definition) is 7. The number of hydrogen-bond donors (Lipinski definition) is 1. The monoisotopic (exact) mass is 391 g/mol. The number of fused-ring (bicyclic) bond motifs is 2. The minimum absolute atomic E-state index is 0.0603. The molecule has 5 rings (SSSR count). The molecule has 1 N–H and O–H groups in total. The number of nitrogens with one attached hydrogen (secondary N) is 1. The van der Waals surface area contributed by atoms with Crippen LogP contribution in [0.2, 0.25) is 0 Å². The van der Waals surface area contributed by atoms with E-state index in [9.17, 15) is 4.79 Å². The van der Waals surface area contributed by atoms with Crippen LogP contribution in [0.5, 0.6) is 0 Å². The molecule has 0 aliphatic carbocycles. The van der Waals surface area contributed by atoms with Gasteiger partial charge < -0.3 is 14.6 Å². The van der Waals surface area contributed by atoms with Crippen LogP contribution in [0.15, 0.2) is 35.6 Å². The highest BCUT2D eigenvalue weighted by atomic mass is 16.5. The summed E-state index contributed by atoms with van der Waals surface area (Å²) < 4.78 is 8.93. The highest BCUT2D eigenvalue weighted by molar-refractivity contribution is 5.80. The first-order chi connectivity index (χ1) is 14.1. The Labute approximate surface area is 166 Å². The third kappa shape index (κ3) is 3.13. The molecule has 0 radical (unpaired) electrons. The molecule has 5 heterocycles. The molecule has 0 saturated carbocycles. The molecular weight excluding hydrogens is 370 g/mol. The third-order valence-corrected chi connectivity index (χ3v) is 5.48. The second-order valence-electron chi connectivity index (χ2n) is 7.40. The second kappa shape index (κ2) is 6.93. The van der Waals surface area contributed by atoms with Crippen LogP contribution in [-0.4, -0.2) is 42.3 Å². The molecule has 148 valence electrons. The zero-order chi connectivity index (χ0) is 20.0. The van der Waals surface area contributed by atoms with E-state index < -0.39 is 0 Å². The zero-order valence-corrected chi connectivity index (χ0v) is 16.3. The smallest absolute Gasteiger partial charge is 0.251 e. The number of aryl methyl sites for hydroxylation is 2. The lowest BCUT2D eigenvalue weighted by Crippen LogP contribution is -2.22. The van der Waals surface area contributed by atoms with Crippen molar-refractivity contribution in [3.63, 3.8) is 0 Å². The minimum atomic E-state index is -0.0603. The van der Waals surface area contributed by atoms with Crippen molar-refractivity contribution in [2.45, 2.75) is 25.7 Å². The SMILES string of the molecule is Cc1cc2ncnn2cc1Nc1ncc2c(n1)c(C1CCCOC1)cc(=O)n2C. The molecule has 1 saturated heterocycles. The molecule has 4 aromatic rings. The lowest BCUT2D eigenvalue weighted by atomic mass is 9.93. The van der Waals surface area contributed by atoms with E-state index in [1.54, 1.807) is 28.4 Å². The first-order valence-electron chi connectivity index (χ1n) is 9.61. The summed E-state index contributed by atoms with van der Waals surface area (Å²) in [7, 11) is 1.74. The standard InChI is InChI=1S/C20H21N7O2/c1-12-6-17-22-11-23-27(17)9-15(12)24-20-21-8-16-19(25-20)14(7-18(28)26(16)2)13-4-3-5-29-10-13/h6-9,11,13H,3-5,10H2,1-2H3,(H,21,24,25). The van der Waals surface area contributed by atoms with E-state index in [-0.39, 0.29) is 11.5 Å². The van der Waals surface area contributed by atoms with Crippen molar-refractivity contribution in [1.82, 2.24) is 29.1 Å². The van der Waals surface area contributed by atoms with Gasteiger partial charge in [0.05, 0.1) is 35.7 Å². The van der Waals surface area contributed by atoms with Crippen molar-refractivity contribution in [3.05, 3.63) is 52.3 Å². The predicted octanol–water partition coefficient (Wildman–Crippen LogP) is 2.32. The fourth-order valence-corrected chi connectivity index (χ4v) is 3.82. The Morgan fingerprint density at radius 2 is 2.17 bits per heavy atom. The van der Waals surface area contributed by atoms with Crippen LogP contribution in [0.25, 0.3) is 16.7 Å². The predicted molar refractivity (Wildman–Crippen MR) is 109 cm³/mol. The summed E-state index contributed by atoms with van der Waals surface area (Å²) in [5, 5.41) is 7.46. The van der Waals surface area contributed by atoms with Gasteiger partial charge in [0.1, 0.15) is 6.33 Å². The maximum absolute atomic E-state index is 12.5. The Morgan fingerprint density at radius 3 is 3.00 bits per heavy atom. The van der Waals surface area contributed by atoms with Crippen LogP contribution >= 0.6 is 0 Å². The van der Waals surface area contributed by atoms with E-state index in [1.807, 2.05) is 19.2 Å². The fraction of sp³-hybridized carbons (Fsp3) is 0.350. The Hall–Kier alpha value is -3.33. The van der Waals surface area contributed by atoms with Gasteiger partial charge in [-0.1, -0.05) is 0 Å². The Morgan fingerprint density at radius 1 is 1.28 bits per heavy atom. The molecule has 29 heavy (non-hydrogen) atoms. The summed E-state index contributed by atoms with van der Waals surface area (Å²) in [5.74, 6) is 0.632. The number of rotatable bonds is 3. The molecule has 0 amide bonds. The summed E-state index contributed by atoms with van der Waals surface area (Å²) in [6.45, 7) is 3.37. The molecule has 9 nitrogen and oxygen atoms in total. The molecule has 0 aromatic carbocycles. The molecule has 9 heteroatoms. The fourth-order valence-electron chi connectivity index (χ4n) is 3.82. The number of ether oxygens (including phenoxy) is 1. The average molecular weight is 391 g/mol. The van der Waals surface area contributed by atoms with E-state index in [4.69, 9.17) is 9.72 Å². The molecule has 1 aliphatic rings. The maximum Gasteiger partial charge on any atom is 0.251 e. The number of nitrogens with zero attached hydrogens (tertiary/aromatic N) is 6. The molecule has 4 aromatic heterocycles. The first kappa shape index (κ1) is 17.7. The third-order valence-electron chi connectivity index (χ3n) is 5.48. The van der Waals surface area contributed by atoms with Crippen LogP contribution in [0.3, 0.4) is 0 Å². The maximum atomic E-state index is 12.5. The Kier molecular flexibility index (Phi) is 4.24. The van der Waals surface area contributed by atoms with Crippen molar-refractivity contribution in [2.24, 2.45) is 7.05 Å². The average Bonchev–Trinajstić information content (AvgIpc) is 3.18. The van der Waals surface area contributed by atoms with Crippen molar-refractivity contribution < 1.29 is 4.74 Å². The zero-order valence-electron chi connectivity index (χ0n) is 16.3. The van der Waals surface area contributed by atoms with Crippen molar-refractivity contribution in [2.75, 3.05) is 18.5 Å². The summed E-state index contributed by atoms with van der Waals surface area (Å²) in [6, 6.07) is 3.63. The largest absolute Gasteiger partial charge is 0.381 e. The highest BCUT2D eigenvalue weighted by Crippen LogP contribution is 2.30. The molecule has 1 unspecified atom stereocenters. The van der Waals surface area contributed by atoms with Crippen molar-refractivity contribution >= 4 is 28.3 Å². The number of anilines is 2. The van der Waals surface area contributed by atoms with E-state index in [2.05, 4.69) is 20.4 Å². The first-order valence-corrected chi connectivity index (χ1v) is 9.61. The molecule has 1 aliphatic heterocycles. The quantitative estimate of drug-likeness (QED) is 0.572. The van der Waals surface area contributed by atoms with E-state index in [0.29, 0.717) is 18.1 Å². The lowest BCUT2D eigenvalue weighted by Gasteiger charge is -2.23. The van der Waals surface area contributed by atoms with Gasteiger partial charge in [-0.05, 0) is 37.0 Å². The van der Waals surface area contributed by atoms with E-state index in [1.165, 1.54) is 6.33 Å². The summed E-state index contributed by atoms with van der Waals surface area (Å²) in [6.07, 6.45) is 7.04. The summed E-state index contributed by atoms with van der Waals surface area (Å²) in [4.78, 5) is 25.9. The van der Waals surface area contributed by atoms with Gasteiger partial charge in [-0.25, -0.2) is 19.5 Å². The molecule has 0 spiro atoms. The second-order valence-corrected chi connectivity index (χ2v) is 7.40. The molecule has 0 bridgehead atoms. The summed E-state index contributed by atoms with van der Waals surface area (Å²) in [5.41, 5.74) is 4.99. The number of pyridine rings is 2. The van der Waals surface area contributed by atoms with Gasteiger partial charge in [0.2, 0.25) is 5.95 Å². The highest BCUT2D eigenvalue weighted by Gasteiger charge is 2.21. The molecule has 1 fully saturated rings. The van der Waals surface area contributed by atoms with Crippen LogP contribution in [0.4, 0.5) is 11.6 Å². The lowest BCUT2D eigenvalue weighted by molar-refractivity contribution is 0.0807. The van der Waals surface area contributed by atoms with Crippen LogP contribution in [0.1, 0.15) is 29.9 Å². The van der Waals surface area contributed by atoms with Gasteiger partial charge in [-0.3, -0.25) is 4.79 Å². The van der Waals surface area contributed by atoms with Gasteiger partial charge in [0.25, 0.3) is 5.56 Å². The van der Waals surface area contributed by atoms with Crippen molar-refractivity contribution in [3.8, 4) is 0 Å². The Bertz CT molecular complexity index is 1270. The van der Waals surface area contributed by atoms with Gasteiger partial charge in [0.15, 0.2) is 5.65 Å². The summed E-state index contributed by atoms with van der Waals surface area (Å²) >= 11 is 0. The van der Waals surface area contributed by atoms with Gasteiger partial charge in [-0.2, -0.15) is 5.10 Å². The normalized spacial score (nSPS) is 17.1.